The molecular formula is C6F12O6S2-2. The zero-order valence-corrected chi connectivity index (χ0v) is 12.4. The van der Waals surface area contributed by atoms with Crippen LogP contribution in [-0.4, -0.2) is 47.2 Å². The van der Waals surface area contributed by atoms with Crippen LogP contribution in [-0.2, 0) is 19.5 Å². The summed E-state index contributed by atoms with van der Waals surface area (Å²) in [5.74, 6) is -32.1. The van der Waals surface area contributed by atoms with Crippen LogP contribution in [0.5, 0.6) is 0 Å². The Morgan fingerprint density at radius 1 is 0.692 bits per heavy atom. The van der Waals surface area contributed by atoms with Gasteiger partial charge in [0.05, 0.1) is 0 Å². The largest absolute Gasteiger partial charge is 0.743 e. The monoisotopic (exact) mass is 460 g/mol. The summed E-state index contributed by atoms with van der Waals surface area (Å²) in [5, 5.41) is -3.12. The van der Waals surface area contributed by atoms with E-state index < -0.39 is 56.4 Å². The lowest BCUT2D eigenvalue weighted by atomic mass is 9.98. The molecule has 0 spiro atoms. The molecule has 158 valence electrons. The van der Waals surface area contributed by atoms with Gasteiger partial charge in [0.25, 0.3) is 0 Å². The van der Waals surface area contributed by atoms with Crippen molar-refractivity contribution < 1.29 is 80.3 Å². The summed E-state index contributed by atoms with van der Waals surface area (Å²) in [4.78, 5) is 0. The maximum Gasteiger partial charge on any atom is 0.402 e. The molecule has 0 N–H and O–H groups in total. The number of alkyl halides is 12. The first-order chi connectivity index (χ1) is 11.1. The highest BCUT2D eigenvalue weighted by atomic mass is 32.2. The van der Waals surface area contributed by atoms with Crippen LogP contribution in [0, 0.1) is 0 Å². The van der Waals surface area contributed by atoms with Gasteiger partial charge in [0.2, 0.25) is 0 Å². The molecule has 0 aromatic heterocycles. The summed E-state index contributed by atoms with van der Waals surface area (Å²) < 4.78 is 187. The summed E-state index contributed by atoms with van der Waals surface area (Å²) in [5.41, 5.74) is 0. The second-order valence-electron chi connectivity index (χ2n) is 4.00. The van der Waals surface area contributed by atoms with Gasteiger partial charge in [-0.05, 0) is 0 Å². The maximum absolute atomic E-state index is 13.0. The van der Waals surface area contributed by atoms with Crippen molar-refractivity contribution in [2.75, 3.05) is 0 Å². The number of halogens is 12. The maximum atomic E-state index is 13.0. The minimum Gasteiger partial charge on any atom is -0.743 e. The number of hydrogen-bond donors (Lipinski definition) is 0. The molecule has 0 amide bonds. The number of hydrogen-bond acceptors (Lipinski definition) is 7. The molecule has 0 aromatic carbocycles. The van der Waals surface area contributed by atoms with Crippen molar-refractivity contribution in [3.63, 3.8) is 0 Å². The first-order valence-electron chi connectivity index (χ1n) is 4.93. The Hall–Kier alpha value is -0.700. The predicted octanol–water partition coefficient (Wildman–Crippen LogP) is 2.13. The highest BCUT2D eigenvalue weighted by Crippen LogP contribution is 2.62. The van der Waals surface area contributed by atoms with E-state index in [1.807, 2.05) is 5.04 Å². The molecule has 0 saturated carbocycles. The van der Waals surface area contributed by atoms with Gasteiger partial charge in [0.15, 0.2) is 10.1 Å². The normalized spacial score (nSPS) is 16.1. The van der Waals surface area contributed by atoms with Gasteiger partial charge in [0.1, 0.15) is 12.0 Å². The van der Waals surface area contributed by atoms with E-state index in [1.165, 1.54) is 0 Å². The van der Waals surface area contributed by atoms with Crippen LogP contribution < -0.4 is 5.26 Å². The first kappa shape index (κ1) is 25.3. The zero-order valence-electron chi connectivity index (χ0n) is 10.8. The minimum absolute atomic E-state index is 2.02. The second-order valence-corrected chi connectivity index (χ2v) is 6.24. The average Bonchev–Trinajstić information content (AvgIpc) is 2.42. The standard InChI is InChI=1S/C6H2F12O6S2/c7-1(8,3(11,12)5(15,16)25-24-23-19)2(9,10)4(13,14)6(17,18)26(20,21)22/h19H,(H,20,21,22)/p-2. The molecule has 0 unspecified atom stereocenters. The molecule has 20 heteroatoms. The summed E-state index contributed by atoms with van der Waals surface area (Å²) in [6.45, 7) is 0. The van der Waals surface area contributed by atoms with Gasteiger partial charge >= 0.3 is 34.2 Å². The van der Waals surface area contributed by atoms with Gasteiger partial charge < -0.3 is 9.81 Å². The van der Waals surface area contributed by atoms with Gasteiger partial charge in [0, 0.05) is 0 Å². The first-order valence-corrected chi connectivity index (χ1v) is 7.08. The molecule has 0 aromatic rings. The topological polar surface area (TPSA) is 98.7 Å². The quantitative estimate of drug-likeness (QED) is 0.171. The lowest BCUT2D eigenvalue weighted by molar-refractivity contribution is -0.777. The Balaban J connectivity index is 6.41. The van der Waals surface area contributed by atoms with Crippen LogP contribution in [0.3, 0.4) is 0 Å². The summed E-state index contributed by atoms with van der Waals surface area (Å²) in [7, 11) is -7.87. The van der Waals surface area contributed by atoms with Crippen molar-refractivity contribution in [2.24, 2.45) is 0 Å². The lowest BCUT2D eigenvalue weighted by Crippen LogP contribution is -2.71. The fraction of sp³-hybridized carbons (Fsp3) is 1.00. The van der Waals surface area contributed by atoms with Gasteiger partial charge in [-0.15, -0.1) is 0 Å². The Labute approximate surface area is 137 Å². The van der Waals surface area contributed by atoms with E-state index in [-0.39, 0.29) is 0 Å². The molecule has 0 aliphatic heterocycles. The van der Waals surface area contributed by atoms with Gasteiger partial charge in [-0.3, -0.25) is 5.04 Å². The summed E-state index contributed by atoms with van der Waals surface area (Å²) in [6, 6.07) is 0. The van der Waals surface area contributed by atoms with E-state index >= 15 is 0 Å². The molecule has 0 aliphatic rings. The molecule has 0 radical (unpaired) electrons. The van der Waals surface area contributed by atoms with E-state index in [0.29, 0.717) is 0 Å². The van der Waals surface area contributed by atoms with Crippen molar-refractivity contribution in [3.8, 4) is 0 Å². The molecule has 0 heterocycles. The second kappa shape index (κ2) is 6.72. The molecule has 0 bridgehead atoms. The van der Waals surface area contributed by atoms with Crippen LogP contribution in [0.4, 0.5) is 52.7 Å². The Kier molecular flexibility index (Phi) is 6.54. The SMILES string of the molecule is O=S(=O)([O-])C(F)(F)C(F)(F)C(F)(F)C(F)(F)C(F)(F)C(F)(F)SOO[O-]. The van der Waals surface area contributed by atoms with Gasteiger partial charge in [-0.25, -0.2) is 8.42 Å². The van der Waals surface area contributed by atoms with E-state index in [4.69, 9.17) is 0 Å². The molecule has 0 saturated heterocycles. The van der Waals surface area contributed by atoms with Crippen molar-refractivity contribution >= 4 is 22.2 Å². The van der Waals surface area contributed by atoms with E-state index in [1.54, 1.807) is 0 Å². The Bertz CT molecular complexity index is 618. The lowest BCUT2D eigenvalue weighted by Gasteiger charge is -2.40. The smallest absolute Gasteiger partial charge is 0.402 e. The van der Waals surface area contributed by atoms with Gasteiger partial charge in [-0.1, -0.05) is 0 Å². The van der Waals surface area contributed by atoms with Gasteiger partial charge in [-0.2, -0.15) is 57.0 Å². The van der Waals surface area contributed by atoms with Crippen LogP contribution in [0.1, 0.15) is 0 Å². The van der Waals surface area contributed by atoms with Crippen molar-refractivity contribution in [1.82, 2.24) is 0 Å². The molecule has 0 rings (SSSR count). The van der Waals surface area contributed by atoms with Crippen molar-refractivity contribution in [2.45, 2.75) is 34.2 Å². The fourth-order valence-corrected chi connectivity index (χ4v) is 1.81. The summed E-state index contributed by atoms with van der Waals surface area (Å²) in [6.07, 6.45) is 0. The van der Waals surface area contributed by atoms with Crippen LogP contribution in [0.15, 0.2) is 0 Å². The molecule has 0 fully saturated rings. The highest BCUT2D eigenvalue weighted by Gasteiger charge is 2.91. The van der Waals surface area contributed by atoms with Crippen molar-refractivity contribution in [1.29, 1.82) is 0 Å². The van der Waals surface area contributed by atoms with E-state index in [2.05, 4.69) is 4.33 Å². The average molecular weight is 460 g/mol. The van der Waals surface area contributed by atoms with Crippen LogP contribution in [0.2, 0.25) is 0 Å². The molecule has 0 aliphatic carbocycles. The minimum atomic E-state index is -8.24. The van der Waals surface area contributed by atoms with Crippen LogP contribution >= 0.6 is 12.0 Å². The Morgan fingerprint density at radius 2 is 1.04 bits per heavy atom. The van der Waals surface area contributed by atoms with Crippen LogP contribution in [0.25, 0.3) is 0 Å². The van der Waals surface area contributed by atoms with E-state index in [9.17, 15) is 70.9 Å². The summed E-state index contributed by atoms with van der Waals surface area (Å²) >= 11 is -2.39. The molecule has 26 heavy (non-hydrogen) atoms. The third kappa shape index (κ3) is 3.41. The predicted molar refractivity (Wildman–Crippen MR) is 49.1 cm³/mol. The molecular weight excluding hydrogens is 460 g/mol. The zero-order chi connectivity index (χ0) is 21.6. The third-order valence-corrected chi connectivity index (χ3v) is 3.87. The molecule has 6 nitrogen and oxygen atoms in total. The highest BCUT2D eigenvalue weighted by molar-refractivity contribution is 7.95. The molecule has 0 atom stereocenters. The Morgan fingerprint density at radius 3 is 1.35 bits per heavy atom. The third-order valence-electron chi connectivity index (χ3n) is 2.39. The van der Waals surface area contributed by atoms with Crippen molar-refractivity contribution in [3.05, 3.63) is 0 Å². The van der Waals surface area contributed by atoms with E-state index in [0.717, 1.165) is 0 Å². The number of rotatable bonds is 9. The fourth-order valence-electron chi connectivity index (χ4n) is 1.03.